The van der Waals surface area contributed by atoms with E-state index in [0.717, 1.165) is 5.69 Å². The molecule has 4 N–H and O–H groups in total. The maximum Gasteiger partial charge on any atom is 0.293 e. The van der Waals surface area contributed by atoms with Gasteiger partial charge in [-0.2, -0.15) is 10.4 Å². The number of rotatable bonds is 7. The lowest BCUT2D eigenvalue weighted by molar-refractivity contribution is -0.383. The molecule has 32 heavy (non-hydrogen) atoms. The Morgan fingerprint density at radius 2 is 2.06 bits per heavy atom. The van der Waals surface area contributed by atoms with E-state index in [1.54, 1.807) is 0 Å². The van der Waals surface area contributed by atoms with Gasteiger partial charge in [-0.1, -0.05) is 18.2 Å². The topological polar surface area (TPSA) is 169 Å². The van der Waals surface area contributed by atoms with Crippen LogP contribution < -0.4 is 16.6 Å². The summed E-state index contributed by atoms with van der Waals surface area (Å²) in [4.78, 5) is 29.3. The van der Waals surface area contributed by atoms with E-state index in [9.17, 15) is 20.2 Å². The molecule has 11 nitrogen and oxygen atoms in total. The molecule has 0 atom stereocenters. The zero-order valence-electron chi connectivity index (χ0n) is 16.8. The Bertz CT molecular complexity index is 1400. The van der Waals surface area contributed by atoms with Gasteiger partial charge in [0.15, 0.2) is 0 Å². The molecule has 0 unspecified atom stereocenters. The van der Waals surface area contributed by atoms with Gasteiger partial charge in [-0.05, 0) is 31.0 Å². The van der Waals surface area contributed by atoms with Crippen LogP contribution in [0.15, 0.2) is 53.6 Å². The molecule has 0 aliphatic heterocycles. The highest BCUT2D eigenvalue weighted by Crippen LogP contribution is 2.28. The van der Waals surface area contributed by atoms with Gasteiger partial charge in [0.05, 0.1) is 33.5 Å². The average Bonchev–Trinajstić information content (AvgIpc) is 3.12. The minimum atomic E-state index is -0.551. The Morgan fingerprint density at radius 1 is 1.28 bits per heavy atom. The van der Waals surface area contributed by atoms with Gasteiger partial charge in [0, 0.05) is 12.6 Å². The third-order valence-corrected chi connectivity index (χ3v) is 4.97. The first kappa shape index (κ1) is 20.5. The Hall–Kier alpha value is -4.72. The van der Waals surface area contributed by atoms with Gasteiger partial charge >= 0.3 is 0 Å². The average molecular weight is 430 g/mol. The van der Waals surface area contributed by atoms with Gasteiger partial charge in [-0.15, -0.1) is 0 Å². The molecule has 0 spiro atoms. The lowest BCUT2D eigenvalue weighted by Crippen LogP contribution is -2.10. The third-order valence-electron chi connectivity index (χ3n) is 4.97. The minimum Gasteiger partial charge on any atom is -0.382 e. The Balaban J connectivity index is 1.51. The van der Waals surface area contributed by atoms with Crippen LogP contribution in [0.1, 0.15) is 17.7 Å². The van der Waals surface area contributed by atoms with E-state index in [1.807, 2.05) is 30.3 Å². The lowest BCUT2D eigenvalue weighted by Gasteiger charge is -2.08. The van der Waals surface area contributed by atoms with Gasteiger partial charge in [-0.25, -0.2) is 9.67 Å². The van der Waals surface area contributed by atoms with Gasteiger partial charge in [-0.3, -0.25) is 14.9 Å². The quantitative estimate of drug-likeness (QED) is 0.228. The van der Waals surface area contributed by atoms with Crippen molar-refractivity contribution in [3.8, 4) is 11.8 Å². The number of aromatic nitrogens is 4. The molecule has 4 rings (SSSR count). The van der Waals surface area contributed by atoms with Crippen molar-refractivity contribution in [2.24, 2.45) is 0 Å². The van der Waals surface area contributed by atoms with Crippen molar-refractivity contribution in [2.75, 3.05) is 17.6 Å². The first-order chi connectivity index (χ1) is 15.5. The number of para-hydroxylation sites is 1. The van der Waals surface area contributed by atoms with Crippen molar-refractivity contribution in [1.82, 2.24) is 19.7 Å². The number of nitro benzene ring substituents is 1. The highest BCUT2D eigenvalue weighted by molar-refractivity contribution is 5.86. The monoisotopic (exact) mass is 430 g/mol. The standard InChI is InChI=1S/C21H18N8O3/c22-11-15-16(27-28(20(15)23)13-5-2-1-3-6-13)7-4-8-24-18-10-17-14(9-19(18)29(31)32)21(30)26-12-25-17/h1-3,5-6,9-10,12,24H,4,7-8,23H2,(H,25,26,30). The molecule has 0 fully saturated rings. The summed E-state index contributed by atoms with van der Waals surface area (Å²) in [7, 11) is 0. The molecule has 0 amide bonds. The van der Waals surface area contributed by atoms with Crippen LogP contribution in [0.5, 0.6) is 0 Å². The van der Waals surface area contributed by atoms with Crippen LogP contribution in [0.3, 0.4) is 0 Å². The lowest BCUT2D eigenvalue weighted by atomic mass is 10.1. The summed E-state index contributed by atoms with van der Waals surface area (Å²) in [6.45, 7) is 0.374. The summed E-state index contributed by atoms with van der Waals surface area (Å²) < 4.78 is 1.53. The molecule has 2 aromatic carbocycles. The number of anilines is 2. The maximum atomic E-state index is 11.9. The summed E-state index contributed by atoms with van der Waals surface area (Å²) in [6, 6.07) is 14.0. The van der Waals surface area contributed by atoms with E-state index in [-0.39, 0.29) is 22.6 Å². The fraction of sp³-hybridized carbons (Fsp3) is 0.143. The van der Waals surface area contributed by atoms with Crippen molar-refractivity contribution in [3.63, 3.8) is 0 Å². The van der Waals surface area contributed by atoms with Crippen LogP contribution in [0.4, 0.5) is 17.2 Å². The van der Waals surface area contributed by atoms with Gasteiger partial charge in [0.2, 0.25) is 0 Å². The van der Waals surface area contributed by atoms with Crippen molar-refractivity contribution < 1.29 is 4.92 Å². The molecular weight excluding hydrogens is 412 g/mol. The van der Waals surface area contributed by atoms with Crippen LogP contribution in [0.25, 0.3) is 16.6 Å². The maximum absolute atomic E-state index is 11.9. The largest absolute Gasteiger partial charge is 0.382 e. The highest BCUT2D eigenvalue weighted by atomic mass is 16.6. The second-order valence-electron chi connectivity index (χ2n) is 6.97. The molecule has 0 aliphatic carbocycles. The Kier molecular flexibility index (Phi) is 5.50. The number of nitro groups is 1. The number of hydrogen-bond acceptors (Lipinski definition) is 8. The summed E-state index contributed by atoms with van der Waals surface area (Å²) in [6.07, 6.45) is 2.23. The number of fused-ring (bicyclic) bond motifs is 1. The number of hydrogen-bond donors (Lipinski definition) is 3. The highest BCUT2D eigenvalue weighted by Gasteiger charge is 2.18. The predicted octanol–water partition coefficient (Wildman–Crippen LogP) is 2.52. The molecule has 0 aliphatic rings. The molecule has 2 heterocycles. The molecular formula is C21H18N8O3. The van der Waals surface area contributed by atoms with E-state index in [4.69, 9.17) is 5.73 Å². The first-order valence-corrected chi connectivity index (χ1v) is 9.72. The summed E-state index contributed by atoms with van der Waals surface area (Å²) >= 11 is 0. The van der Waals surface area contributed by atoms with E-state index < -0.39 is 10.5 Å². The summed E-state index contributed by atoms with van der Waals surface area (Å²) in [5.41, 5.74) is 7.68. The molecule has 0 saturated carbocycles. The number of aromatic amines is 1. The van der Waals surface area contributed by atoms with Gasteiger partial charge in [0.1, 0.15) is 23.1 Å². The third kappa shape index (κ3) is 3.84. The fourth-order valence-corrected chi connectivity index (χ4v) is 3.42. The molecule has 0 radical (unpaired) electrons. The van der Waals surface area contributed by atoms with Gasteiger partial charge < -0.3 is 16.0 Å². The number of aryl methyl sites for hydroxylation is 1. The zero-order chi connectivity index (χ0) is 22.7. The fourth-order valence-electron chi connectivity index (χ4n) is 3.42. The first-order valence-electron chi connectivity index (χ1n) is 9.72. The number of H-pyrrole nitrogens is 1. The van der Waals surface area contributed by atoms with Crippen LogP contribution >= 0.6 is 0 Å². The smallest absolute Gasteiger partial charge is 0.293 e. The van der Waals surface area contributed by atoms with Crippen molar-refractivity contribution in [3.05, 3.63) is 80.5 Å². The van der Waals surface area contributed by atoms with Crippen LogP contribution in [-0.2, 0) is 6.42 Å². The molecule has 11 heteroatoms. The summed E-state index contributed by atoms with van der Waals surface area (Å²) in [5.74, 6) is 0.267. The minimum absolute atomic E-state index is 0.144. The molecule has 4 aromatic rings. The van der Waals surface area contributed by atoms with E-state index in [1.165, 1.54) is 23.1 Å². The second kappa shape index (κ2) is 8.57. The summed E-state index contributed by atoms with van der Waals surface area (Å²) in [5, 5.41) is 28.6. The van der Waals surface area contributed by atoms with Gasteiger partial charge in [0.25, 0.3) is 11.2 Å². The molecule has 160 valence electrons. The second-order valence-corrected chi connectivity index (χ2v) is 6.97. The van der Waals surface area contributed by atoms with Crippen molar-refractivity contribution in [2.45, 2.75) is 12.8 Å². The number of benzene rings is 2. The zero-order valence-corrected chi connectivity index (χ0v) is 16.8. The predicted molar refractivity (Wildman–Crippen MR) is 119 cm³/mol. The van der Waals surface area contributed by atoms with E-state index in [0.29, 0.717) is 36.2 Å². The Morgan fingerprint density at radius 3 is 2.78 bits per heavy atom. The SMILES string of the molecule is N#Cc1c(CCCNc2cc3nc[nH]c(=O)c3cc2[N+](=O)[O-])nn(-c2ccccc2)c1N. The van der Waals surface area contributed by atoms with Crippen LogP contribution in [-0.4, -0.2) is 31.2 Å². The van der Waals surface area contributed by atoms with Crippen molar-refractivity contribution in [1.29, 1.82) is 5.26 Å². The van der Waals surface area contributed by atoms with Crippen LogP contribution in [0.2, 0.25) is 0 Å². The van der Waals surface area contributed by atoms with E-state index >= 15 is 0 Å². The van der Waals surface area contributed by atoms with Crippen molar-refractivity contribution >= 4 is 28.1 Å². The molecule has 2 aromatic heterocycles. The molecule has 0 bridgehead atoms. The number of nitriles is 1. The molecule has 0 saturated heterocycles. The number of nitrogen functional groups attached to an aromatic ring is 1. The van der Waals surface area contributed by atoms with Crippen LogP contribution in [0, 0.1) is 21.4 Å². The van der Waals surface area contributed by atoms with E-state index in [2.05, 4.69) is 26.5 Å². The number of nitrogens with zero attached hydrogens (tertiary/aromatic N) is 5. The number of nitrogens with one attached hydrogen (secondary N) is 2. The number of nitrogens with two attached hydrogens (primary N) is 1. The normalized spacial score (nSPS) is 10.7. The Labute approximate surface area is 181 Å².